The number of halogens is 1. The zero-order chi connectivity index (χ0) is 20.8. The van der Waals surface area contributed by atoms with Gasteiger partial charge in [0, 0.05) is 11.5 Å². The van der Waals surface area contributed by atoms with Crippen LogP contribution in [0.3, 0.4) is 0 Å². The van der Waals surface area contributed by atoms with E-state index in [0.717, 1.165) is 5.39 Å². The molecule has 0 aliphatic rings. The standard InChI is InChI=1S/C21H21FN2O5/c1-2-27-20(25)13-29-17-6-3-14-11-19(21(23)26)24(18(14)12-17)9-10-28-16-7-4-15(22)5-8-16/h3-8,11-12H,2,9-10,13H2,1H3,(H2,23,26). The molecule has 8 heteroatoms. The van der Waals surface area contributed by atoms with Crippen molar-refractivity contribution in [3.05, 3.63) is 60.0 Å². The van der Waals surface area contributed by atoms with E-state index >= 15 is 0 Å². The number of fused-ring (bicyclic) bond motifs is 1. The molecule has 1 heterocycles. The number of carbonyl (C=O) groups excluding carboxylic acids is 2. The lowest BCUT2D eigenvalue weighted by molar-refractivity contribution is -0.145. The van der Waals surface area contributed by atoms with Gasteiger partial charge in [0.05, 0.1) is 18.7 Å². The summed E-state index contributed by atoms with van der Waals surface area (Å²) in [5.41, 5.74) is 6.55. The minimum atomic E-state index is -0.572. The molecule has 2 N–H and O–H groups in total. The van der Waals surface area contributed by atoms with Crippen LogP contribution in [0.2, 0.25) is 0 Å². The maximum atomic E-state index is 13.0. The van der Waals surface area contributed by atoms with E-state index in [9.17, 15) is 14.0 Å². The van der Waals surface area contributed by atoms with E-state index in [1.807, 2.05) is 0 Å². The number of hydrogen-bond acceptors (Lipinski definition) is 5. The Kier molecular flexibility index (Phi) is 6.33. The Morgan fingerprint density at radius 3 is 2.45 bits per heavy atom. The highest BCUT2D eigenvalue weighted by molar-refractivity contribution is 5.98. The SMILES string of the molecule is CCOC(=O)COc1ccc2cc(C(N)=O)n(CCOc3ccc(F)cc3)c2c1. The topological polar surface area (TPSA) is 92.8 Å². The van der Waals surface area contributed by atoms with Crippen LogP contribution < -0.4 is 15.2 Å². The number of benzene rings is 2. The average Bonchev–Trinajstić information content (AvgIpc) is 3.06. The first-order valence-electron chi connectivity index (χ1n) is 9.08. The first-order valence-corrected chi connectivity index (χ1v) is 9.08. The molecule has 0 saturated carbocycles. The normalized spacial score (nSPS) is 10.7. The number of aromatic nitrogens is 1. The monoisotopic (exact) mass is 400 g/mol. The van der Waals surface area contributed by atoms with Crippen LogP contribution in [0.1, 0.15) is 17.4 Å². The molecule has 29 heavy (non-hydrogen) atoms. The van der Waals surface area contributed by atoms with Crippen LogP contribution in [-0.2, 0) is 16.1 Å². The fourth-order valence-electron chi connectivity index (χ4n) is 2.90. The maximum absolute atomic E-state index is 13.0. The lowest BCUT2D eigenvalue weighted by atomic mass is 10.2. The molecule has 0 saturated heterocycles. The summed E-state index contributed by atoms with van der Waals surface area (Å²) in [4.78, 5) is 23.3. The summed E-state index contributed by atoms with van der Waals surface area (Å²) < 4.78 is 30.6. The number of esters is 1. The Morgan fingerprint density at radius 2 is 1.76 bits per heavy atom. The average molecular weight is 400 g/mol. The molecule has 0 fully saturated rings. The Bertz CT molecular complexity index is 1010. The Labute approximate surface area is 166 Å². The van der Waals surface area contributed by atoms with Gasteiger partial charge >= 0.3 is 5.97 Å². The summed E-state index contributed by atoms with van der Waals surface area (Å²) in [6, 6.07) is 12.6. The summed E-state index contributed by atoms with van der Waals surface area (Å²) in [7, 11) is 0. The molecule has 0 unspecified atom stereocenters. The van der Waals surface area contributed by atoms with Gasteiger partial charge in [-0.3, -0.25) is 4.79 Å². The molecule has 0 aliphatic carbocycles. The highest BCUT2D eigenvalue weighted by Gasteiger charge is 2.14. The zero-order valence-electron chi connectivity index (χ0n) is 15.9. The predicted octanol–water partition coefficient (Wildman–Crippen LogP) is 2.90. The van der Waals surface area contributed by atoms with Gasteiger partial charge < -0.3 is 24.5 Å². The minimum absolute atomic E-state index is 0.212. The molecular weight excluding hydrogens is 379 g/mol. The van der Waals surface area contributed by atoms with Gasteiger partial charge in [-0.2, -0.15) is 0 Å². The van der Waals surface area contributed by atoms with Crippen LogP contribution in [0, 0.1) is 5.82 Å². The lowest BCUT2D eigenvalue weighted by Crippen LogP contribution is -2.19. The van der Waals surface area contributed by atoms with Crippen molar-refractivity contribution in [3.63, 3.8) is 0 Å². The number of nitrogens with zero attached hydrogens (tertiary/aromatic N) is 1. The van der Waals surface area contributed by atoms with Crippen molar-refractivity contribution in [2.45, 2.75) is 13.5 Å². The number of nitrogens with two attached hydrogens (primary N) is 1. The Balaban J connectivity index is 1.78. The van der Waals surface area contributed by atoms with E-state index in [0.29, 0.717) is 29.3 Å². The minimum Gasteiger partial charge on any atom is -0.492 e. The van der Waals surface area contributed by atoms with Crippen molar-refractivity contribution in [1.29, 1.82) is 0 Å². The second kappa shape index (κ2) is 9.09. The van der Waals surface area contributed by atoms with Crippen molar-refractivity contribution >= 4 is 22.8 Å². The molecule has 0 aliphatic heterocycles. The van der Waals surface area contributed by atoms with E-state index in [-0.39, 0.29) is 25.6 Å². The molecule has 3 rings (SSSR count). The van der Waals surface area contributed by atoms with Gasteiger partial charge in [-0.25, -0.2) is 9.18 Å². The molecule has 1 amide bonds. The second-order valence-electron chi connectivity index (χ2n) is 6.16. The molecule has 1 aromatic heterocycles. The van der Waals surface area contributed by atoms with Crippen molar-refractivity contribution in [3.8, 4) is 11.5 Å². The van der Waals surface area contributed by atoms with Gasteiger partial charge in [0.1, 0.15) is 29.6 Å². The predicted molar refractivity (Wildman–Crippen MR) is 104 cm³/mol. The quantitative estimate of drug-likeness (QED) is 0.558. The molecule has 152 valence electrons. The van der Waals surface area contributed by atoms with Gasteiger partial charge in [0.15, 0.2) is 6.61 Å². The van der Waals surface area contributed by atoms with E-state index in [2.05, 4.69) is 0 Å². The lowest BCUT2D eigenvalue weighted by Gasteiger charge is -2.11. The molecule has 2 aromatic carbocycles. The van der Waals surface area contributed by atoms with Crippen molar-refractivity contribution in [2.75, 3.05) is 19.8 Å². The van der Waals surface area contributed by atoms with E-state index in [4.69, 9.17) is 19.9 Å². The number of hydrogen-bond donors (Lipinski definition) is 1. The van der Waals surface area contributed by atoms with Crippen molar-refractivity contribution in [2.24, 2.45) is 5.73 Å². The van der Waals surface area contributed by atoms with E-state index in [1.54, 1.807) is 35.8 Å². The number of amides is 1. The van der Waals surface area contributed by atoms with Gasteiger partial charge in [0.25, 0.3) is 5.91 Å². The van der Waals surface area contributed by atoms with Crippen LogP contribution in [0.4, 0.5) is 4.39 Å². The number of primary amides is 1. The van der Waals surface area contributed by atoms with E-state index in [1.165, 1.54) is 24.3 Å². The maximum Gasteiger partial charge on any atom is 0.344 e. The van der Waals surface area contributed by atoms with Crippen LogP contribution in [0.25, 0.3) is 10.9 Å². The Hall–Kier alpha value is -3.55. The third kappa shape index (κ3) is 5.04. The van der Waals surface area contributed by atoms with Gasteiger partial charge in [-0.1, -0.05) is 0 Å². The fourth-order valence-corrected chi connectivity index (χ4v) is 2.90. The molecular formula is C21H21FN2O5. The highest BCUT2D eigenvalue weighted by Crippen LogP contribution is 2.25. The number of rotatable bonds is 9. The van der Waals surface area contributed by atoms with Crippen molar-refractivity contribution in [1.82, 2.24) is 4.57 Å². The second-order valence-corrected chi connectivity index (χ2v) is 6.16. The zero-order valence-corrected chi connectivity index (χ0v) is 15.9. The van der Waals surface area contributed by atoms with Gasteiger partial charge in [-0.05, 0) is 49.4 Å². The van der Waals surface area contributed by atoms with Gasteiger partial charge in [0.2, 0.25) is 0 Å². The third-order valence-corrected chi connectivity index (χ3v) is 4.19. The smallest absolute Gasteiger partial charge is 0.344 e. The largest absolute Gasteiger partial charge is 0.492 e. The van der Waals surface area contributed by atoms with Crippen LogP contribution >= 0.6 is 0 Å². The van der Waals surface area contributed by atoms with Crippen LogP contribution in [-0.4, -0.2) is 36.3 Å². The molecule has 7 nitrogen and oxygen atoms in total. The Morgan fingerprint density at radius 1 is 1.03 bits per heavy atom. The molecule has 0 radical (unpaired) electrons. The first-order chi connectivity index (χ1) is 14.0. The summed E-state index contributed by atoms with van der Waals surface area (Å²) in [6.07, 6.45) is 0. The highest BCUT2D eigenvalue weighted by atomic mass is 19.1. The molecule has 3 aromatic rings. The summed E-state index contributed by atoms with van der Waals surface area (Å²) in [5, 5.41) is 0.795. The molecule has 0 spiro atoms. The fraction of sp³-hybridized carbons (Fsp3) is 0.238. The number of carbonyl (C=O) groups is 2. The van der Waals surface area contributed by atoms with E-state index < -0.39 is 11.9 Å². The number of ether oxygens (including phenoxy) is 3. The van der Waals surface area contributed by atoms with Crippen molar-refractivity contribution < 1.29 is 28.2 Å². The summed E-state index contributed by atoms with van der Waals surface area (Å²) in [5.74, 6) is -0.409. The summed E-state index contributed by atoms with van der Waals surface area (Å²) >= 11 is 0. The molecule has 0 bridgehead atoms. The summed E-state index contributed by atoms with van der Waals surface area (Å²) in [6.45, 7) is 2.36. The van der Waals surface area contributed by atoms with Crippen LogP contribution in [0.15, 0.2) is 48.5 Å². The third-order valence-electron chi connectivity index (χ3n) is 4.19. The van der Waals surface area contributed by atoms with Gasteiger partial charge in [-0.15, -0.1) is 0 Å². The molecule has 0 atom stereocenters. The van der Waals surface area contributed by atoms with Crippen LogP contribution in [0.5, 0.6) is 11.5 Å². The first kappa shape index (κ1) is 20.2.